The van der Waals surface area contributed by atoms with E-state index in [0.29, 0.717) is 40.2 Å². The summed E-state index contributed by atoms with van der Waals surface area (Å²) < 4.78 is 5.54. The Labute approximate surface area is 185 Å². The van der Waals surface area contributed by atoms with E-state index in [1.807, 2.05) is 26.8 Å². The molecule has 2 aromatic rings. The number of aromatic amines is 1. The fourth-order valence-corrected chi connectivity index (χ4v) is 4.71. The molecule has 1 aliphatic rings. The van der Waals surface area contributed by atoms with Gasteiger partial charge in [0.25, 0.3) is 11.5 Å². The zero-order chi connectivity index (χ0) is 22.2. The molecule has 1 unspecified atom stereocenters. The lowest BCUT2D eigenvalue weighted by Crippen LogP contribution is -2.39. The molecule has 0 bridgehead atoms. The molecule has 0 fully saturated rings. The van der Waals surface area contributed by atoms with E-state index in [2.05, 4.69) is 4.98 Å². The Hall–Kier alpha value is -1.86. The molecule has 1 aromatic carbocycles. The first kappa shape index (κ1) is 22.8. The largest absolute Gasteiger partial charge is 0.396 e. The first-order valence-electron chi connectivity index (χ1n) is 9.82. The third kappa shape index (κ3) is 4.14. The molecule has 0 saturated heterocycles. The normalized spacial score (nSPS) is 15.8. The second kappa shape index (κ2) is 9.10. The van der Waals surface area contributed by atoms with Crippen molar-refractivity contribution in [3.8, 4) is 0 Å². The number of H-pyrrole nitrogens is 1. The predicted molar refractivity (Wildman–Crippen MR) is 117 cm³/mol. The Bertz CT molecular complexity index is 1030. The number of aliphatic hydroxyl groups excluding tert-OH is 1. The summed E-state index contributed by atoms with van der Waals surface area (Å²) in [7, 11) is 1.53. The van der Waals surface area contributed by atoms with E-state index >= 15 is 0 Å². The molecule has 2 heterocycles. The summed E-state index contributed by atoms with van der Waals surface area (Å²) in [6.45, 7) is 6.05. The van der Waals surface area contributed by atoms with E-state index in [4.69, 9.17) is 27.9 Å². The molecule has 3 rings (SSSR count). The van der Waals surface area contributed by atoms with Crippen LogP contribution in [-0.2, 0) is 17.7 Å². The highest BCUT2D eigenvalue weighted by atomic mass is 35.5. The van der Waals surface area contributed by atoms with Gasteiger partial charge in [0, 0.05) is 48.0 Å². The number of hydrogen-bond donors (Lipinski definition) is 2. The highest BCUT2D eigenvalue weighted by molar-refractivity contribution is 6.37. The van der Waals surface area contributed by atoms with Crippen molar-refractivity contribution in [1.29, 1.82) is 0 Å². The van der Waals surface area contributed by atoms with Crippen molar-refractivity contribution in [3.63, 3.8) is 0 Å². The average molecular weight is 453 g/mol. The number of hydrogen-bond acceptors (Lipinski definition) is 4. The third-order valence-electron chi connectivity index (χ3n) is 5.69. The molecule has 0 spiro atoms. The maximum absolute atomic E-state index is 13.4. The minimum atomic E-state index is -0.504. The van der Waals surface area contributed by atoms with Crippen molar-refractivity contribution in [1.82, 2.24) is 9.88 Å². The summed E-state index contributed by atoms with van der Waals surface area (Å²) in [5.41, 5.74) is 3.60. The number of fused-ring (bicyclic) bond motifs is 1. The van der Waals surface area contributed by atoms with Crippen molar-refractivity contribution in [2.75, 3.05) is 20.3 Å². The van der Waals surface area contributed by atoms with Gasteiger partial charge >= 0.3 is 0 Å². The molecule has 1 aliphatic heterocycles. The van der Waals surface area contributed by atoms with Crippen molar-refractivity contribution >= 4 is 29.1 Å². The molecule has 1 aromatic heterocycles. The molecule has 0 radical (unpaired) electrons. The SMILES string of the molecule is COC(c1cc(Cl)c2c(c1Cl)C(=O)N(Cc1c(C)cc(C)[nH]c1=O)CC2)[C@H](C)CO. The number of aliphatic hydroxyl groups is 1. The van der Waals surface area contributed by atoms with Crippen LogP contribution in [0.3, 0.4) is 0 Å². The van der Waals surface area contributed by atoms with Crippen molar-refractivity contribution < 1.29 is 14.6 Å². The van der Waals surface area contributed by atoms with Gasteiger partial charge in [-0.05, 0) is 43.5 Å². The maximum Gasteiger partial charge on any atom is 0.256 e. The molecule has 1 amide bonds. The summed E-state index contributed by atoms with van der Waals surface area (Å²) in [4.78, 5) is 30.2. The second-order valence-electron chi connectivity index (χ2n) is 7.85. The zero-order valence-corrected chi connectivity index (χ0v) is 19.0. The third-order valence-corrected chi connectivity index (χ3v) is 6.43. The first-order valence-corrected chi connectivity index (χ1v) is 10.6. The number of ether oxygens (including phenoxy) is 1. The monoisotopic (exact) mass is 452 g/mol. The van der Waals surface area contributed by atoms with Crippen molar-refractivity contribution in [2.24, 2.45) is 5.92 Å². The summed E-state index contributed by atoms with van der Waals surface area (Å²) in [5, 5.41) is 10.3. The quantitative estimate of drug-likeness (QED) is 0.697. The van der Waals surface area contributed by atoms with Crippen LogP contribution >= 0.6 is 23.2 Å². The van der Waals surface area contributed by atoms with Crippen LogP contribution in [0.25, 0.3) is 0 Å². The summed E-state index contributed by atoms with van der Waals surface area (Å²) in [6, 6.07) is 3.61. The fraction of sp³-hybridized carbons (Fsp3) is 0.455. The van der Waals surface area contributed by atoms with Gasteiger partial charge in [-0.25, -0.2) is 0 Å². The number of nitrogens with zero attached hydrogens (tertiary/aromatic N) is 1. The number of carbonyl (C=O) groups is 1. The number of benzene rings is 1. The lowest BCUT2D eigenvalue weighted by atomic mass is 9.90. The molecular formula is C22H26Cl2N2O4. The van der Waals surface area contributed by atoms with E-state index in [9.17, 15) is 14.7 Å². The highest BCUT2D eigenvalue weighted by Gasteiger charge is 2.33. The molecule has 6 nitrogen and oxygen atoms in total. The number of aryl methyl sites for hydroxylation is 2. The minimum Gasteiger partial charge on any atom is -0.396 e. The molecule has 30 heavy (non-hydrogen) atoms. The number of rotatable bonds is 6. The van der Waals surface area contributed by atoms with E-state index < -0.39 is 6.10 Å². The van der Waals surface area contributed by atoms with Gasteiger partial charge in [0.15, 0.2) is 0 Å². The van der Waals surface area contributed by atoms with Crippen LogP contribution in [0, 0.1) is 19.8 Å². The van der Waals surface area contributed by atoms with E-state index in [0.717, 1.165) is 11.3 Å². The average Bonchev–Trinajstić information content (AvgIpc) is 2.69. The van der Waals surface area contributed by atoms with Crippen LogP contribution in [0.15, 0.2) is 16.9 Å². The number of pyridine rings is 1. The number of methoxy groups -OCH3 is 1. The Morgan fingerprint density at radius 1 is 1.27 bits per heavy atom. The number of aromatic nitrogens is 1. The Kier molecular flexibility index (Phi) is 6.92. The van der Waals surface area contributed by atoms with Gasteiger partial charge in [0.05, 0.1) is 23.2 Å². The second-order valence-corrected chi connectivity index (χ2v) is 8.64. The van der Waals surface area contributed by atoms with Crippen LogP contribution in [0.4, 0.5) is 0 Å². The van der Waals surface area contributed by atoms with Gasteiger partial charge in [0.1, 0.15) is 0 Å². The van der Waals surface area contributed by atoms with Crippen molar-refractivity contribution in [3.05, 3.63) is 66.0 Å². The molecule has 8 heteroatoms. The lowest BCUT2D eigenvalue weighted by Gasteiger charge is -2.32. The highest BCUT2D eigenvalue weighted by Crippen LogP contribution is 2.40. The molecule has 2 N–H and O–H groups in total. The van der Waals surface area contributed by atoms with Crippen LogP contribution in [0.5, 0.6) is 0 Å². The smallest absolute Gasteiger partial charge is 0.256 e. The number of nitrogens with one attached hydrogen (secondary N) is 1. The molecule has 162 valence electrons. The summed E-state index contributed by atoms with van der Waals surface area (Å²) >= 11 is 13.2. The maximum atomic E-state index is 13.4. The van der Waals surface area contributed by atoms with Gasteiger partial charge in [-0.3, -0.25) is 9.59 Å². The molecule has 2 atom stereocenters. The molecular weight excluding hydrogens is 427 g/mol. The minimum absolute atomic E-state index is 0.0981. The standard InChI is InChI=1S/C22H26Cl2N2O4/c1-11-7-13(3)25-21(28)16(11)9-26-6-5-14-17(23)8-15(19(24)18(14)22(26)29)20(30-4)12(2)10-27/h7-8,12,20,27H,5-6,9-10H2,1-4H3,(H,25,28)/t12-,20?/m1/s1. The van der Waals surface area contributed by atoms with E-state index in [1.54, 1.807) is 11.0 Å². The Morgan fingerprint density at radius 3 is 2.57 bits per heavy atom. The van der Waals surface area contributed by atoms with Gasteiger partial charge in [-0.15, -0.1) is 0 Å². The van der Waals surface area contributed by atoms with E-state index in [1.165, 1.54) is 7.11 Å². The van der Waals surface area contributed by atoms with Crippen LogP contribution in [0.1, 0.15) is 51.3 Å². The Balaban J connectivity index is 2.03. The van der Waals surface area contributed by atoms with Gasteiger partial charge < -0.3 is 19.7 Å². The number of carbonyl (C=O) groups excluding carboxylic acids is 1. The summed E-state index contributed by atoms with van der Waals surface area (Å²) in [6.07, 6.45) is 0.0336. The van der Waals surface area contributed by atoms with Gasteiger partial charge in [-0.2, -0.15) is 0 Å². The van der Waals surface area contributed by atoms with Crippen LogP contribution in [0.2, 0.25) is 10.0 Å². The number of amides is 1. The topological polar surface area (TPSA) is 82.6 Å². The van der Waals surface area contributed by atoms with Gasteiger partial charge in [-0.1, -0.05) is 30.1 Å². The summed E-state index contributed by atoms with van der Waals surface area (Å²) in [5.74, 6) is -0.499. The van der Waals surface area contributed by atoms with Crippen LogP contribution < -0.4 is 5.56 Å². The van der Waals surface area contributed by atoms with E-state index in [-0.39, 0.29) is 35.6 Å². The number of halogens is 2. The fourth-order valence-electron chi connectivity index (χ4n) is 4.05. The van der Waals surface area contributed by atoms with Crippen LogP contribution in [-0.4, -0.2) is 41.2 Å². The Morgan fingerprint density at radius 2 is 1.97 bits per heavy atom. The molecule has 0 saturated carbocycles. The predicted octanol–water partition coefficient (Wildman–Crippen LogP) is 3.81. The zero-order valence-electron chi connectivity index (χ0n) is 17.5. The van der Waals surface area contributed by atoms with Crippen molar-refractivity contribution in [2.45, 2.75) is 39.8 Å². The first-order chi connectivity index (χ1) is 14.2. The van der Waals surface area contributed by atoms with Gasteiger partial charge in [0.2, 0.25) is 0 Å². The lowest BCUT2D eigenvalue weighted by molar-refractivity contribution is 0.0328. The molecule has 0 aliphatic carbocycles.